The Balaban J connectivity index is 0.981. The fraction of sp³-hybridized carbons (Fsp3) is 0. The van der Waals surface area contributed by atoms with Gasteiger partial charge >= 0.3 is 0 Å². The number of hydrogen-bond acceptors (Lipinski definition) is 5. The first-order chi connectivity index (χ1) is 28.7. The van der Waals surface area contributed by atoms with Gasteiger partial charge in [-0.05, 0) is 89.0 Å². The highest BCUT2D eigenvalue weighted by molar-refractivity contribution is 6.11. The van der Waals surface area contributed by atoms with E-state index in [1.165, 1.54) is 27.4 Å². The Hall–Kier alpha value is -7.96. The number of fused-ring (bicyclic) bond motifs is 4. The molecule has 11 aromatic rings. The third-order valence-electron chi connectivity index (χ3n) is 10.7. The Morgan fingerprint density at radius 3 is 1.40 bits per heavy atom. The number of para-hydroxylation sites is 1. The third-order valence-corrected chi connectivity index (χ3v) is 10.7. The summed E-state index contributed by atoms with van der Waals surface area (Å²) in [4.78, 5) is 19.6. The summed E-state index contributed by atoms with van der Waals surface area (Å²) in [5.74, 6) is 2.33. The zero-order valence-corrected chi connectivity index (χ0v) is 31.2. The van der Waals surface area contributed by atoms with Crippen LogP contribution in [-0.2, 0) is 0 Å². The summed E-state index contributed by atoms with van der Waals surface area (Å²) in [7, 11) is 0. The van der Waals surface area contributed by atoms with Crippen LogP contribution in [0.1, 0.15) is 0 Å². The van der Waals surface area contributed by atoms with Crippen LogP contribution in [-0.4, -0.2) is 24.5 Å². The third kappa shape index (κ3) is 6.01. The molecule has 0 aliphatic heterocycles. The molecule has 0 unspecified atom stereocenters. The van der Waals surface area contributed by atoms with Crippen LogP contribution >= 0.6 is 0 Å². The molecule has 3 aromatic heterocycles. The van der Waals surface area contributed by atoms with E-state index in [-0.39, 0.29) is 0 Å². The zero-order valence-electron chi connectivity index (χ0n) is 31.2. The second-order valence-electron chi connectivity index (χ2n) is 14.3. The lowest BCUT2D eigenvalue weighted by Gasteiger charge is -2.08. The molecular weight excluding hydrogens is 711 g/mol. The van der Waals surface area contributed by atoms with Gasteiger partial charge in [-0.25, -0.2) is 19.9 Å². The molecule has 11 rings (SSSR count). The summed E-state index contributed by atoms with van der Waals surface area (Å²) in [6.07, 6.45) is 0. The number of oxazole rings is 1. The molecule has 3 heterocycles. The van der Waals surface area contributed by atoms with E-state index in [1.807, 2.05) is 84.9 Å². The molecule has 8 aromatic carbocycles. The van der Waals surface area contributed by atoms with Gasteiger partial charge in [-0.3, -0.25) is 0 Å². The molecule has 0 atom stereocenters. The Kier molecular flexibility index (Phi) is 8.04. The van der Waals surface area contributed by atoms with Crippen LogP contribution in [0.25, 0.3) is 106 Å². The number of nitrogens with zero attached hydrogens (tertiary/aromatic N) is 5. The first-order valence-corrected chi connectivity index (χ1v) is 19.3. The van der Waals surface area contributed by atoms with Gasteiger partial charge in [-0.15, -0.1) is 0 Å². The van der Waals surface area contributed by atoms with Gasteiger partial charge in [0.15, 0.2) is 23.1 Å². The maximum Gasteiger partial charge on any atom is 0.227 e. The minimum Gasteiger partial charge on any atom is -0.436 e. The summed E-state index contributed by atoms with van der Waals surface area (Å²) < 4.78 is 8.84. The second kappa shape index (κ2) is 14.0. The maximum atomic E-state index is 6.49. The van der Waals surface area contributed by atoms with Crippen molar-refractivity contribution in [1.29, 1.82) is 0 Å². The molecule has 6 heteroatoms. The molecule has 6 nitrogen and oxygen atoms in total. The molecule has 0 bridgehead atoms. The van der Waals surface area contributed by atoms with Crippen LogP contribution in [0.15, 0.2) is 205 Å². The first-order valence-electron chi connectivity index (χ1n) is 19.3. The standard InChI is InChI=1S/C52H33N5O/c1-5-14-34(15-6-1)38-25-28-46-43(31-38)44-32-39(26-29-47(44)57(46)42-22-11-4-12-23-42)37-20-13-21-41(30-37)52-53-45-27-24-40(33-48(45)58-52)51-55-49(35-16-7-2-8-17-35)54-50(56-51)36-18-9-3-10-19-36/h1-33H. The van der Waals surface area contributed by atoms with Gasteiger partial charge in [0, 0.05) is 38.7 Å². The van der Waals surface area contributed by atoms with E-state index in [9.17, 15) is 0 Å². The smallest absolute Gasteiger partial charge is 0.227 e. The monoisotopic (exact) mass is 743 g/mol. The number of rotatable bonds is 7. The van der Waals surface area contributed by atoms with Crippen LogP contribution in [0.3, 0.4) is 0 Å². The van der Waals surface area contributed by atoms with Crippen LogP contribution in [0.5, 0.6) is 0 Å². The molecule has 0 N–H and O–H groups in total. The molecule has 0 aliphatic carbocycles. The highest BCUT2D eigenvalue weighted by atomic mass is 16.3. The average molecular weight is 744 g/mol. The van der Waals surface area contributed by atoms with Gasteiger partial charge < -0.3 is 8.98 Å². The summed E-state index contributed by atoms with van der Waals surface area (Å²) in [5, 5.41) is 2.40. The van der Waals surface area contributed by atoms with E-state index in [0.29, 0.717) is 28.9 Å². The number of benzene rings is 8. The van der Waals surface area contributed by atoms with Gasteiger partial charge in [0.2, 0.25) is 5.89 Å². The van der Waals surface area contributed by atoms with Crippen molar-refractivity contribution in [1.82, 2.24) is 24.5 Å². The van der Waals surface area contributed by atoms with Gasteiger partial charge in [0.25, 0.3) is 0 Å². The van der Waals surface area contributed by atoms with Crippen LogP contribution in [0, 0.1) is 0 Å². The summed E-state index contributed by atoms with van der Waals surface area (Å²) in [5.41, 5.74) is 13.0. The molecule has 0 fully saturated rings. The summed E-state index contributed by atoms with van der Waals surface area (Å²) in [6, 6.07) is 69.0. The van der Waals surface area contributed by atoms with Crippen LogP contribution in [0.2, 0.25) is 0 Å². The normalized spacial score (nSPS) is 11.4. The number of aromatic nitrogens is 5. The fourth-order valence-corrected chi connectivity index (χ4v) is 7.82. The van der Waals surface area contributed by atoms with Gasteiger partial charge in [0.1, 0.15) is 5.52 Å². The Bertz CT molecular complexity index is 3210. The zero-order chi connectivity index (χ0) is 38.4. The molecule has 0 aliphatic rings. The summed E-state index contributed by atoms with van der Waals surface area (Å²) >= 11 is 0. The predicted molar refractivity (Wildman–Crippen MR) is 234 cm³/mol. The Morgan fingerprint density at radius 2 is 0.793 bits per heavy atom. The average Bonchev–Trinajstić information content (AvgIpc) is 3.89. The molecule has 0 saturated heterocycles. The largest absolute Gasteiger partial charge is 0.436 e. The van der Waals surface area contributed by atoms with Crippen molar-refractivity contribution in [2.75, 3.05) is 0 Å². The van der Waals surface area contributed by atoms with Crippen LogP contribution in [0.4, 0.5) is 0 Å². The topological polar surface area (TPSA) is 69.6 Å². The SMILES string of the molecule is c1ccc(-c2ccc3c(c2)c2cc(-c4cccc(-c5nc6ccc(-c7nc(-c8ccccc8)nc(-c8ccccc8)n7)cc6o5)c4)ccc2n3-c2ccccc2)cc1. The van der Waals surface area contributed by atoms with Gasteiger partial charge in [-0.2, -0.15) is 0 Å². The Morgan fingerprint density at radius 1 is 0.328 bits per heavy atom. The fourth-order valence-electron chi connectivity index (χ4n) is 7.82. The Labute approximate surface area is 334 Å². The van der Waals surface area contributed by atoms with Crippen molar-refractivity contribution in [2.24, 2.45) is 0 Å². The second-order valence-corrected chi connectivity index (χ2v) is 14.3. The highest BCUT2D eigenvalue weighted by Crippen LogP contribution is 2.38. The lowest BCUT2D eigenvalue weighted by atomic mass is 9.99. The van der Waals surface area contributed by atoms with Crippen molar-refractivity contribution < 1.29 is 4.42 Å². The van der Waals surface area contributed by atoms with Gasteiger partial charge in [0.05, 0.1) is 11.0 Å². The van der Waals surface area contributed by atoms with E-state index >= 15 is 0 Å². The van der Waals surface area contributed by atoms with Crippen molar-refractivity contribution in [2.45, 2.75) is 0 Å². The van der Waals surface area contributed by atoms with Crippen LogP contribution < -0.4 is 0 Å². The van der Waals surface area contributed by atoms with E-state index in [1.54, 1.807) is 0 Å². The van der Waals surface area contributed by atoms with E-state index in [0.717, 1.165) is 50.1 Å². The first kappa shape index (κ1) is 33.4. The lowest BCUT2D eigenvalue weighted by Crippen LogP contribution is -2.00. The minimum absolute atomic E-state index is 0.550. The summed E-state index contributed by atoms with van der Waals surface area (Å²) in [6.45, 7) is 0. The molecule has 58 heavy (non-hydrogen) atoms. The van der Waals surface area contributed by atoms with Gasteiger partial charge in [-0.1, -0.05) is 133 Å². The number of hydrogen-bond donors (Lipinski definition) is 0. The molecular formula is C52H33N5O. The highest BCUT2D eigenvalue weighted by Gasteiger charge is 2.17. The molecule has 0 radical (unpaired) electrons. The van der Waals surface area contributed by atoms with Crippen molar-refractivity contribution in [3.63, 3.8) is 0 Å². The van der Waals surface area contributed by atoms with Crippen molar-refractivity contribution in [3.8, 4) is 73.6 Å². The molecule has 0 amide bonds. The molecule has 0 saturated carbocycles. The van der Waals surface area contributed by atoms with E-state index in [2.05, 4.69) is 120 Å². The maximum absolute atomic E-state index is 6.49. The van der Waals surface area contributed by atoms with E-state index in [4.69, 9.17) is 24.4 Å². The van der Waals surface area contributed by atoms with Crippen molar-refractivity contribution >= 4 is 32.9 Å². The molecule has 0 spiro atoms. The quantitative estimate of drug-likeness (QED) is 0.163. The molecule has 272 valence electrons. The predicted octanol–water partition coefficient (Wildman–Crippen LogP) is 13.1. The lowest BCUT2D eigenvalue weighted by molar-refractivity contribution is 0.620. The van der Waals surface area contributed by atoms with E-state index < -0.39 is 0 Å². The minimum atomic E-state index is 0.550. The van der Waals surface area contributed by atoms with Crippen molar-refractivity contribution in [3.05, 3.63) is 200 Å².